The molecule has 3 N–H and O–H groups in total. The Bertz CT molecular complexity index is 1380. The largest absolute Gasteiger partial charge is 0.461 e. The van der Waals surface area contributed by atoms with E-state index >= 15 is 0 Å². The number of benzene rings is 1. The summed E-state index contributed by atoms with van der Waals surface area (Å²) in [4.78, 5) is 14.2. The first kappa shape index (κ1) is 25.9. The lowest BCUT2D eigenvalue weighted by Gasteiger charge is -2.46. The van der Waals surface area contributed by atoms with Crippen LogP contribution in [-0.4, -0.2) is 71.1 Å². The molecule has 5 aliphatic rings. The fraction of sp³-hybridized carbons (Fsp3) is 0.633. The summed E-state index contributed by atoms with van der Waals surface area (Å²) in [5, 5.41) is 19.7. The van der Waals surface area contributed by atoms with Gasteiger partial charge in [0, 0.05) is 61.8 Å². The number of fused-ring (bicyclic) bond motifs is 4. The van der Waals surface area contributed by atoms with Crippen molar-refractivity contribution in [2.75, 3.05) is 50.0 Å². The Hall–Kier alpha value is -3.00. The van der Waals surface area contributed by atoms with Gasteiger partial charge in [-0.15, -0.1) is 0 Å². The van der Waals surface area contributed by atoms with Crippen LogP contribution in [0.5, 0.6) is 6.01 Å². The molecule has 1 spiro atoms. The number of halogens is 1. The SMILES string of the molecule is C[C@H]1CC[C@]2(Cc3nc(OC[C@@]45CCCN4C[C@H](F)C5)nc(N4CC(CO)C4)c3CO2)c2c1ccc(N)c2C#N. The molecule has 1 aromatic heterocycles. The third-order valence-corrected chi connectivity index (χ3v) is 10.1. The van der Waals surface area contributed by atoms with Crippen LogP contribution in [0.3, 0.4) is 0 Å². The molecule has 4 atom stereocenters. The number of nitrogens with zero attached hydrogens (tertiary/aromatic N) is 5. The topological polar surface area (TPSA) is 121 Å². The van der Waals surface area contributed by atoms with Gasteiger partial charge in [-0.2, -0.15) is 15.2 Å². The van der Waals surface area contributed by atoms with E-state index in [1.54, 1.807) is 0 Å². The predicted octanol–water partition coefficient (Wildman–Crippen LogP) is 3.18. The second-order valence-electron chi connectivity index (χ2n) is 12.6. The van der Waals surface area contributed by atoms with E-state index in [-0.39, 0.29) is 18.1 Å². The molecule has 0 bridgehead atoms. The summed E-state index contributed by atoms with van der Waals surface area (Å²) in [5.41, 5.74) is 10.1. The van der Waals surface area contributed by atoms with E-state index in [0.717, 1.165) is 60.4 Å². The Morgan fingerprint density at radius 3 is 2.92 bits per heavy atom. The maximum atomic E-state index is 14.4. The lowest BCUT2D eigenvalue weighted by Crippen LogP contribution is -2.50. The molecule has 2 aromatic rings. The number of ether oxygens (including phenoxy) is 2. The van der Waals surface area contributed by atoms with Gasteiger partial charge >= 0.3 is 6.01 Å². The van der Waals surface area contributed by atoms with Gasteiger partial charge in [-0.05, 0) is 49.8 Å². The lowest BCUT2D eigenvalue weighted by atomic mass is 9.69. The van der Waals surface area contributed by atoms with Crippen LogP contribution in [0.2, 0.25) is 0 Å². The number of nitrogen functional groups attached to an aromatic ring is 1. The molecule has 1 aliphatic carbocycles. The fourth-order valence-corrected chi connectivity index (χ4v) is 7.86. The van der Waals surface area contributed by atoms with Gasteiger partial charge in [0.15, 0.2) is 0 Å². The average molecular weight is 549 g/mol. The van der Waals surface area contributed by atoms with Gasteiger partial charge in [-0.25, -0.2) is 4.39 Å². The summed E-state index contributed by atoms with van der Waals surface area (Å²) in [6, 6.07) is 6.53. The van der Waals surface area contributed by atoms with E-state index in [1.807, 2.05) is 12.1 Å². The fourth-order valence-electron chi connectivity index (χ4n) is 7.86. The van der Waals surface area contributed by atoms with E-state index in [4.69, 9.17) is 25.2 Å². The van der Waals surface area contributed by atoms with Crippen molar-refractivity contribution in [1.29, 1.82) is 5.26 Å². The minimum Gasteiger partial charge on any atom is -0.461 e. The predicted molar refractivity (Wildman–Crippen MR) is 147 cm³/mol. The number of aromatic nitrogens is 2. The standard InChI is InChI=1S/C30H37FN6O3/c1-18-5-7-30(26-21(18)3-4-24(33)22(26)11-32)10-25-23(16-40-30)27(36-12-19(13-36)15-38)35-28(34-25)39-17-29-6-2-8-37(29)14-20(31)9-29/h3-4,18-20,38H,2,5-10,12-17,33H2,1H3/t18-,20+,29-,30-/m0/s1. The number of nitrogens with two attached hydrogens (primary N) is 1. The molecule has 7 rings (SSSR count). The summed E-state index contributed by atoms with van der Waals surface area (Å²) in [7, 11) is 0. The Balaban J connectivity index is 1.26. The van der Waals surface area contributed by atoms with Gasteiger partial charge in [-0.3, -0.25) is 4.90 Å². The van der Waals surface area contributed by atoms with E-state index in [0.29, 0.717) is 68.9 Å². The van der Waals surface area contributed by atoms with Gasteiger partial charge in [0.05, 0.1) is 23.4 Å². The molecule has 0 unspecified atom stereocenters. The minimum absolute atomic E-state index is 0.142. The Morgan fingerprint density at radius 1 is 1.27 bits per heavy atom. The van der Waals surface area contributed by atoms with E-state index in [9.17, 15) is 14.8 Å². The first-order chi connectivity index (χ1) is 19.3. The molecule has 5 heterocycles. The van der Waals surface area contributed by atoms with Gasteiger partial charge in [0.2, 0.25) is 0 Å². The van der Waals surface area contributed by atoms with E-state index in [1.165, 1.54) is 0 Å². The molecule has 0 radical (unpaired) electrons. The highest BCUT2D eigenvalue weighted by atomic mass is 19.1. The molecule has 212 valence electrons. The number of alkyl halides is 1. The third kappa shape index (κ3) is 3.97. The number of hydrogen-bond donors (Lipinski definition) is 2. The lowest BCUT2D eigenvalue weighted by molar-refractivity contribution is -0.0874. The van der Waals surface area contributed by atoms with Crippen molar-refractivity contribution >= 4 is 11.5 Å². The quantitative estimate of drug-likeness (QED) is 0.543. The monoisotopic (exact) mass is 548 g/mol. The molecule has 4 aliphatic heterocycles. The molecule has 1 aromatic carbocycles. The summed E-state index contributed by atoms with van der Waals surface area (Å²) in [6.07, 6.45) is 3.82. The highest BCUT2D eigenvalue weighted by Crippen LogP contribution is 2.51. The first-order valence-corrected chi connectivity index (χ1v) is 14.6. The van der Waals surface area contributed by atoms with Crippen LogP contribution in [0, 0.1) is 17.2 Å². The van der Waals surface area contributed by atoms with E-state index in [2.05, 4.69) is 22.8 Å². The van der Waals surface area contributed by atoms with E-state index < -0.39 is 11.8 Å². The molecular weight excluding hydrogens is 511 g/mol. The zero-order valence-corrected chi connectivity index (χ0v) is 23.0. The second kappa shape index (κ2) is 9.54. The molecule has 9 nitrogen and oxygen atoms in total. The van der Waals surface area contributed by atoms with Gasteiger partial charge in [0.1, 0.15) is 30.3 Å². The van der Waals surface area contributed by atoms with Crippen LogP contribution in [-0.2, 0) is 23.4 Å². The van der Waals surface area contributed by atoms with Crippen LogP contribution in [0.15, 0.2) is 12.1 Å². The molecule has 40 heavy (non-hydrogen) atoms. The van der Waals surface area contributed by atoms with Crippen molar-refractivity contribution in [2.45, 2.75) is 75.3 Å². The highest BCUT2D eigenvalue weighted by Gasteiger charge is 2.50. The molecule has 3 fully saturated rings. The number of nitriles is 1. The Kier molecular flexibility index (Phi) is 6.18. The molecule has 10 heteroatoms. The summed E-state index contributed by atoms with van der Waals surface area (Å²) >= 11 is 0. The van der Waals surface area contributed by atoms with Crippen molar-refractivity contribution in [3.63, 3.8) is 0 Å². The van der Waals surface area contributed by atoms with Crippen molar-refractivity contribution in [3.05, 3.63) is 40.1 Å². The van der Waals surface area contributed by atoms with Gasteiger partial charge in [0.25, 0.3) is 0 Å². The average Bonchev–Trinajstić information content (AvgIpc) is 3.44. The highest BCUT2D eigenvalue weighted by molar-refractivity contribution is 5.64. The molecule has 0 amide bonds. The Morgan fingerprint density at radius 2 is 2.12 bits per heavy atom. The molecule has 0 saturated carbocycles. The first-order valence-electron chi connectivity index (χ1n) is 14.6. The maximum Gasteiger partial charge on any atom is 0.318 e. The number of aliphatic hydroxyl groups is 1. The van der Waals surface area contributed by atoms with Gasteiger partial charge in [-0.1, -0.05) is 13.0 Å². The number of hydrogen-bond acceptors (Lipinski definition) is 9. The smallest absolute Gasteiger partial charge is 0.318 e. The van der Waals surface area contributed by atoms with Crippen LogP contribution in [0.1, 0.15) is 72.9 Å². The normalized spacial score (nSPS) is 31.4. The summed E-state index contributed by atoms with van der Waals surface area (Å²) in [5.74, 6) is 1.30. The number of rotatable bonds is 5. The van der Waals surface area contributed by atoms with Crippen molar-refractivity contribution < 1.29 is 19.0 Å². The zero-order chi connectivity index (χ0) is 27.6. The van der Waals surface area contributed by atoms with Crippen LogP contribution < -0.4 is 15.4 Å². The van der Waals surface area contributed by atoms with Crippen LogP contribution in [0.25, 0.3) is 0 Å². The van der Waals surface area contributed by atoms with Crippen molar-refractivity contribution in [1.82, 2.24) is 14.9 Å². The van der Waals surface area contributed by atoms with Crippen molar-refractivity contribution in [3.8, 4) is 12.1 Å². The van der Waals surface area contributed by atoms with Crippen LogP contribution >= 0.6 is 0 Å². The van der Waals surface area contributed by atoms with Crippen LogP contribution in [0.4, 0.5) is 15.9 Å². The molecular formula is C30H37FN6O3. The third-order valence-electron chi connectivity index (χ3n) is 10.1. The molecule has 3 saturated heterocycles. The van der Waals surface area contributed by atoms with Gasteiger partial charge < -0.3 is 25.2 Å². The number of aliphatic hydroxyl groups excluding tert-OH is 1. The Labute approximate surface area is 234 Å². The number of anilines is 2. The van der Waals surface area contributed by atoms with Crippen molar-refractivity contribution in [2.24, 2.45) is 5.92 Å². The summed E-state index contributed by atoms with van der Waals surface area (Å²) in [6.45, 7) is 5.80. The summed E-state index contributed by atoms with van der Waals surface area (Å²) < 4.78 is 27.4. The maximum absolute atomic E-state index is 14.4. The second-order valence-corrected chi connectivity index (χ2v) is 12.6. The zero-order valence-electron chi connectivity index (χ0n) is 23.0. The minimum atomic E-state index is -0.826.